The van der Waals surface area contributed by atoms with Gasteiger partial charge in [0.1, 0.15) is 5.56 Å². The molecule has 0 fully saturated rings. The molecule has 7 nitrogen and oxygen atoms in total. The quantitative estimate of drug-likeness (QED) is 0.506. The van der Waals surface area contributed by atoms with Crippen LogP contribution in [0.4, 0.5) is 11.5 Å². The summed E-state index contributed by atoms with van der Waals surface area (Å²) in [6.45, 7) is 2.02. The summed E-state index contributed by atoms with van der Waals surface area (Å²) in [6, 6.07) is 9.38. The van der Waals surface area contributed by atoms with Crippen molar-refractivity contribution in [1.29, 1.82) is 0 Å². The Kier molecular flexibility index (Phi) is 4.55. The largest absolute Gasteiger partial charge is 0.462 e. The van der Waals surface area contributed by atoms with Gasteiger partial charge in [-0.15, -0.1) is 0 Å². The predicted octanol–water partition coefficient (Wildman–Crippen LogP) is 1.66. The average Bonchev–Trinajstić information content (AvgIpc) is 2.81. The van der Waals surface area contributed by atoms with Crippen molar-refractivity contribution in [3.63, 3.8) is 0 Å². The first-order valence-corrected chi connectivity index (χ1v) is 6.47. The first-order valence-electron chi connectivity index (χ1n) is 6.47. The first-order chi connectivity index (χ1) is 10.1. The van der Waals surface area contributed by atoms with Crippen LogP contribution in [0.5, 0.6) is 0 Å². The maximum absolute atomic E-state index is 11.8. The molecule has 0 unspecified atom stereocenters. The fraction of sp³-hybridized carbons (Fsp3) is 0.214. The molecule has 0 saturated carbocycles. The molecule has 0 amide bonds. The van der Waals surface area contributed by atoms with Crippen molar-refractivity contribution in [3.05, 3.63) is 42.1 Å². The number of aromatic nitrogens is 2. The van der Waals surface area contributed by atoms with E-state index in [2.05, 4.69) is 15.4 Å². The van der Waals surface area contributed by atoms with Crippen LogP contribution in [0.2, 0.25) is 0 Å². The summed E-state index contributed by atoms with van der Waals surface area (Å²) >= 11 is 0. The van der Waals surface area contributed by atoms with E-state index in [0.717, 1.165) is 5.69 Å². The summed E-state index contributed by atoms with van der Waals surface area (Å²) in [5.74, 6) is 0.0293. The number of aliphatic imine (C=N–C) groups is 1. The van der Waals surface area contributed by atoms with Gasteiger partial charge in [-0.3, -0.25) is 4.68 Å². The van der Waals surface area contributed by atoms with Gasteiger partial charge in [0.25, 0.3) is 0 Å². The number of benzene rings is 1. The van der Waals surface area contributed by atoms with E-state index in [9.17, 15) is 4.79 Å². The molecule has 0 aliphatic heterocycles. The second-order valence-electron chi connectivity index (χ2n) is 4.21. The molecule has 7 heteroatoms. The average molecular weight is 287 g/mol. The summed E-state index contributed by atoms with van der Waals surface area (Å²) in [5.41, 5.74) is 6.93. The van der Waals surface area contributed by atoms with Crippen molar-refractivity contribution in [1.82, 2.24) is 9.78 Å². The molecule has 1 aromatic heterocycles. The minimum absolute atomic E-state index is 0.162. The van der Waals surface area contributed by atoms with Crippen LogP contribution < -0.4 is 11.1 Å². The number of ether oxygens (including phenoxy) is 1. The number of nitrogens with one attached hydrogen (secondary N) is 1. The minimum Gasteiger partial charge on any atom is -0.462 e. The standard InChI is InChI=1S/C14H17N5O2/c1-3-21-13(20)11-9-16-19(2)12(11)18-14(15)17-10-7-5-4-6-8-10/h4-9H,3H2,1-2H3,(H3,15,17,18). The fourth-order valence-corrected chi connectivity index (χ4v) is 1.73. The maximum atomic E-state index is 11.8. The van der Waals surface area contributed by atoms with E-state index in [1.807, 2.05) is 30.3 Å². The van der Waals surface area contributed by atoms with Gasteiger partial charge in [0.15, 0.2) is 11.8 Å². The predicted molar refractivity (Wildman–Crippen MR) is 80.5 cm³/mol. The van der Waals surface area contributed by atoms with Crippen LogP contribution in [-0.4, -0.2) is 28.3 Å². The Morgan fingerprint density at radius 3 is 2.81 bits per heavy atom. The number of hydrogen-bond acceptors (Lipinski definition) is 4. The zero-order valence-corrected chi connectivity index (χ0v) is 11.9. The third-order valence-corrected chi connectivity index (χ3v) is 2.68. The number of guanidine groups is 1. The number of nitrogens with zero attached hydrogens (tertiary/aromatic N) is 3. The Morgan fingerprint density at radius 1 is 1.43 bits per heavy atom. The highest BCUT2D eigenvalue weighted by molar-refractivity contribution is 5.98. The molecule has 110 valence electrons. The molecule has 0 bridgehead atoms. The molecule has 2 rings (SSSR count). The number of para-hydroxylation sites is 1. The lowest BCUT2D eigenvalue weighted by molar-refractivity contribution is 0.0527. The number of esters is 1. The lowest BCUT2D eigenvalue weighted by Crippen LogP contribution is -2.22. The monoisotopic (exact) mass is 287 g/mol. The van der Waals surface area contributed by atoms with Gasteiger partial charge in [-0.05, 0) is 19.1 Å². The number of anilines is 1. The van der Waals surface area contributed by atoms with Gasteiger partial charge in [-0.2, -0.15) is 10.1 Å². The Hall–Kier alpha value is -2.83. The van der Waals surface area contributed by atoms with Crippen molar-refractivity contribution in [2.24, 2.45) is 17.8 Å². The molecule has 2 aromatic rings. The van der Waals surface area contributed by atoms with E-state index in [0.29, 0.717) is 5.82 Å². The lowest BCUT2D eigenvalue weighted by atomic mass is 10.3. The van der Waals surface area contributed by atoms with Crippen LogP contribution in [0.25, 0.3) is 0 Å². The molecule has 1 aromatic carbocycles. The molecule has 3 N–H and O–H groups in total. The zero-order chi connectivity index (χ0) is 15.2. The fourth-order valence-electron chi connectivity index (χ4n) is 1.73. The summed E-state index contributed by atoms with van der Waals surface area (Å²) < 4.78 is 6.42. The van der Waals surface area contributed by atoms with E-state index in [-0.39, 0.29) is 18.1 Å². The van der Waals surface area contributed by atoms with Crippen LogP contribution in [-0.2, 0) is 11.8 Å². The van der Waals surface area contributed by atoms with Crippen molar-refractivity contribution >= 4 is 23.4 Å². The van der Waals surface area contributed by atoms with Crippen LogP contribution in [0.3, 0.4) is 0 Å². The van der Waals surface area contributed by atoms with Crippen molar-refractivity contribution < 1.29 is 9.53 Å². The molecule has 0 spiro atoms. The highest BCUT2D eigenvalue weighted by Crippen LogP contribution is 2.19. The molecular weight excluding hydrogens is 270 g/mol. The van der Waals surface area contributed by atoms with E-state index >= 15 is 0 Å². The summed E-state index contributed by atoms with van der Waals surface area (Å²) in [4.78, 5) is 16.0. The Morgan fingerprint density at radius 2 is 2.14 bits per heavy atom. The normalized spacial score (nSPS) is 11.2. The number of aryl methyl sites for hydroxylation is 1. The van der Waals surface area contributed by atoms with E-state index < -0.39 is 5.97 Å². The van der Waals surface area contributed by atoms with Gasteiger partial charge in [-0.1, -0.05) is 18.2 Å². The molecule has 0 saturated heterocycles. The second kappa shape index (κ2) is 6.56. The lowest BCUT2D eigenvalue weighted by Gasteiger charge is -2.06. The highest BCUT2D eigenvalue weighted by Gasteiger charge is 2.17. The number of nitrogens with two attached hydrogens (primary N) is 1. The van der Waals surface area contributed by atoms with E-state index in [1.54, 1.807) is 14.0 Å². The van der Waals surface area contributed by atoms with Crippen LogP contribution in [0, 0.1) is 0 Å². The Labute approximate surface area is 122 Å². The van der Waals surface area contributed by atoms with Crippen molar-refractivity contribution in [2.45, 2.75) is 6.92 Å². The summed E-state index contributed by atoms with van der Waals surface area (Å²) in [5, 5.41) is 6.95. The molecule has 0 atom stereocenters. The summed E-state index contributed by atoms with van der Waals surface area (Å²) in [7, 11) is 1.68. The Bertz CT molecular complexity index is 649. The second-order valence-corrected chi connectivity index (χ2v) is 4.21. The van der Waals surface area contributed by atoms with Gasteiger partial charge >= 0.3 is 5.97 Å². The van der Waals surface area contributed by atoms with Crippen LogP contribution >= 0.6 is 0 Å². The van der Waals surface area contributed by atoms with Gasteiger partial charge in [0, 0.05) is 12.7 Å². The first kappa shape index (κ1) is 14.6. The molecule has 0 radical (unpaired) electrons. The van der Waals surface area contributed by atoms with Gasteiger partial charge < -0.3 is 15.8 Å². The number of carbonyl (C=O) groups excluding carboxylic acids is 1. The number of rotatable bonds is 4. The highest BCUT2D eigenvalue weighted by atomic mass is 16.5. The van der Waals surface area contributed by atoms with E-state index in [1.165, 1.54) is 10.9 Å². The maximum Gasteiger partial charge on any atom is 0.343 e. The van der Waals surface area contributed by atoms with Crippen LogP contribution in [0.15, 0.2) is 41.5 Å². The zero-order valence-electron chi connectivity index (χ0n) is 11.9. The van der Waals surface area contributed by atoms with Gasteiger partial charge in [0.05, 0.1) is 12.8 Å². The third-order valence-electron chi connectivity index (χ3n) is 2.68. The minimum atomic E-state index is -0.475. The summed E-state index contributed by atoms with van der Waals surface area (Å²) in [6.07, 6.45) is 1.41. The molecule has 0 aliphatic rings. The smallest absolute Gasteiger partial charge is 0.343 e. The van der Waals surface area contributed by atoms with Crippen molar-refractivity contribution in [2.75, 3.05) is 11.9 Å². The molecular formula is C14H17N5O2. The van der Waals surface area contributed by atoms with E-state index in [4.69, 9.17) is 10.5 Å². The topological polar surface area (TPSA) is 94.5 Å². The number of carbonyl (C=O) groups is 1. The third kappa shape index (κ3) is 3.59. The van der Waals surface area contributed by atoms with Crippen LogP contribution in [0.1, 0.15) is 17.3 Å². The molecule has 1 heterocycles. The van der Waals surface area contributed by atoms with Gasteiger partial charge in [0.2, 0.25) is 0 Å². The molecule has 21 heavy (non-hydrogen) atoms. The molecule has 0 aliphatic carbocycles. The SMILES string of the molecule is CCOC(=O)c1cnn(C)c1/N=C(\N)Nc1ccccc1. The van der Waals surface area contributed by atoms with Gasteiger partial charge in [-0.25, -0.2) is 4.79 Å². The number of hydrogen-bond donors (Lipinski definition) is 2. The van der Waals surface area contributed by atoms with Crippen molar-refractivity contribution in [3.8, 4) is 0 Å². The Balaban J connectivity index is 2.23.